The van der Waals surface area contributed by atoms with Crippen LogP contribution in [0.1, 0.15) is 40.7 Å². The summed E-state index contributed by atoms with van der Waals surface area (Å²) in [5, 5.41) is 0. The summed E-state index contributed by atoms with van der Waals surface area (Å²) in [6, 6.07) is 6.90. The van der Waals surface area contributed by atoms with Crippen LogP contribution in [0.15, 0.2) is 18.2 Å². The first kappa shape index (κ1) is 14.7. The van der Waals surface area contributed by atoms with Crippen molar-refractivity contribution in [2.45, 2.75) is 39.2 Å². The molecule has 21 heavy (non-hydrogen) atoms. The smallest absolute Gasteiger partial charge is 0.164 e. The van der Waals surface area contributed by atoms with Gasteiger partial charge in [0.2, 0.25) is 0 Å². The van der Waals surface area contributed by atoms with E-state index in [1.54, 1.807) is 0 Å². The van der Waals surface area contributed by atoms with E-state index < -0.39 is 0 Å². The predicted octanol–water partition coefficient (Wildman–Crippen LogP) is 2.66. The van der Waals surface area contributed by atoms with Crippen LogP contribution in [0.3, 0.4) is 0 Å². The van der Waals surface area contributed by atoms with Gasteiger partial charge in [-0.1, -0.05) is 17.2 Å². The van der Waals surface area contributed by atoms with Crippen molar-refractivity contribution >= 4 is 5.78 Å². The molecule has 0 N–H and O–H groups in total. The van der Waals surface area contributed by atoms with Gasteiger partial charge in [-0.25, -0.2) is 0 Å². The van der Waals surface area contributed by atoms with Gasteiger partial charge in [0.05, 0.1) is 0 Å². The first-order valence-electron chi connectivity index (χ1n) is 8.20. The van der Waals surface area contributed by atoms with Gasteiger partial charge in [-0.3, -0.25) is 9.69 Å². The Kier molecular flexibility index (Phi) is 4.41. The van der Waals surface area contributed by atoms with E-state index in [9.17, 15) is 4.79 Å². The van der Waals surface area contributed by atoms with Crippen LogP contribution < -0.4 is 0 Å². The summed E-state index contributed by atoms with van der Waals surface area (Å²) in [5.74, 6) is 0.288. The molecule has 2 fully saturated rings. The van der Waals surface area contributed by atoms with Crippen LogP contribution in [-0.4, -0.2) is 54.3 Å². The van der Waals surface area contributed by atoms with Gasteiger partial charge < -0.3 is 4.90 Å². The van der Waals surface area contributed by atoms with Crippen LogP contribution in [0, 0.1) is 13.8 Å². The lowest BCUT2D eigenvalue weighted by Crippen LogP contribution is -2.50. The van der Waals surface area contributed by atoms with Crippen LogP contribution in [0.5, 0.6) is 0 Å². The number of fused-ring (bicyclic) bond motifs is 1. The molecule has 1 unspecified atom stereocenters. The Labute approximate surface area is 127 Å². The first-order chi connectivity index (χ1) is 10.1. The largest absolute Gasteiger partial charge is 0.300 e. The van der Waals surface area contributed by atoms with Gasteiger partial charge in [0, 0.05) is 44.2 Å². The number of nitrogens with zero attached hydrogens (tertiary/aromatic N) is 2. The Hall–Kier alpha value is -1.19. The standard InChI is InChI=1S/C18H26N2O/c1-14-10-15(2)12-16(11-14)18(21)5-7-19-8-9-20-6-3-4-17(20)13-19/h10-12,17H,3-9,13H2,1-2H3. The Balaban J connectivity index is 1.53. The summed E-state index contributed by atoms with van der Waals surface area (Å²) in [6.07, 6.45) is 3.33. The third kappa shape index (κ3) is 3.53. The number of carbonyl (C=O) groups excluding carboxylic acids is 1. The lowest BCUT2D eigenvalue weighted by molar-refractivity contribution is 0.0871. The second kappa shape index (κ2) is 6.29. The quantitative estimate of drug-likeness (QED) is 0.795. The van der Waals surface area contributed by atoms with Crippen molar-refractivity contribution in [2.75, 3.05) is 32.7 Å². The maximum absolute atomic E-state index is 12.4. The van der Waals surface area contributed by atoms with Crippen LogP contribution >= 0.6 is 0 Å². The van der Waals surface area contributed by atoms with E-state index >= 15 is 0 Å². The van der Waals surface area contributed by atoms with E-state index in [0.29, 0.717) is 6.42 Å². The Morgan fingerprint density at radius 3 is 2.67 bits per heavy atom. The Bertz CT molecular complexity index is 506. The zero-order chi connectivity index (χ0) is 14.8. The van der Waals surface area contributed by atoms with Crippen LogP contribution in [0.4, 0.5) is 0 Å². The number of rotatable bonds is 4. The molecule has 0 spiro atoms. The molecule has 1 atom stereocenters. The number of benzene rings is 1. The molecule has 114 valence electrons. The zero-order valence-electron chi connectivity index (χ0n) is 13.3. The van der Waals surface area contributed by atoms with Gasteiger partial charge in [0.15, 0.2) is 5.78 Å². The third-order valence-corrected chi connectivity index (χ3v) is 4.87. The molecule has 2 heterocycles. The number of aryl methyl sites for hydroxylation is 2. The molecular formula is C18H26N2O. The summed E-state index contributed by atoms with van der Waals surface area (Å²) in [7, 11) is 0. The van der Waals surface area contributed by atoms with Crippen molar-refractivity contribution < 1.29 is 4.79 Å². The monoisotopic (exact) mass is 286 g/mol. The van der Waals surface area contributed by atoms with Crippen LogP contribution in [0.2, 0.25) is 0 Å². The van der Waals surface area contributed by atoms with E-state index in [0.717, 1.165) is 31.2 Å². The zero-order valence-corrected chi connectivity index (χ0v) is 13.3. The molecule has 0 aromatic heterocycles. The first-order valence-corrected chi connectivity index (χ1v) is 8.20. The number of carbonyl (C=O) groups is 1. The van der Waals surface area contributed by atoms with Gasteiger partial charge in [0.25, 0.3) is 0 Å². The molecule has 2 aliphatic heterocycles. The molecule has 0 amide bonds. The molecule has 0 saturated carbocycles. The van der Waals surface area contributed by atoms with Crippen molar-refractivity contribution in [3.8, 4) is 0 Å². The second-order valence-electron chi connectivity index (χ2n) is 6.68. The fraction of sp³-hybridized carbons (Fsp3) is 0.611. The lowest BCUT2D eigenvalue weighted by Gasteiger charge is -2.37. The second-order valence-corrected chi connectivity index (χ2v) is 6.68. The minimum absolute atomic E-state index is 0.288. The normalized spacial score (nSPS) is 23.2. The number of ketones is 1. The molecule has 0 bridgehead atoms. The van der Waals surface area contributed by atoms with E-state index in [1.165, 1.54) is 37.1 Å². The highest BCUT2D eigenvalue weighted by Crippen LogP contribution is 2.21. The minimum atomic E-state index is 0.288. The van der Waals surface area contributed by atoms with Gasteiger partial charge in [-0.2, -0.15) is 0 Å². The van der Waals surface area contributed by atoms with Crippen molar-refractivity contribution in [3.05, 3.63) is 34.9 Å². The van der Waals surface area contributed by atoms with Gasteiger partial charge >= 0.3 is 0 Å². The molecule has 0 aliphatic carbocycles. The SMILES string of the molecule is Cc1cc(C)cc(C(=O)CCN2CCN3CCCC3C2)c1. The molecule has 0 radical (unpaired) electrons. The molecule has 1 aromatic carbocycles. The fourth-order valence-electron chi connectivity index (χ4n) is 3.80. The highest BCUT2D eigenvalue weighted by molar-refractivity contribution is 5.96. The Morgan fingerprint density at radius 2 is 1.90 bits per heavy atom. The van der Waals surface area contributed by atoms with E-state index in [-0.39, 0.29) is 5.78 Å². The number of hydrogen-bond donors (Lipinski definition) is 0. The number of piperazine rings is 1. The molecule has 3 rings (SSSR count). The predicted molar refractivity (Wildman–Crippen MR) is 85.9 cm³/mol. The van der Waals surface area contributed by atoms with Gasteiger partial charge in [-0.05, 0) is 45.4 Å². The summed E-state index contributed by atoms with van der Waals surface area (Å²) in [6.45, 7) is 9.77. The lowest BCUT2D eigenvalue weighted by atomic mass is 10.0. The maximum Gasteiger partial charge on any atom is 0.164 e. The average molecular weight is 286 g/mol. The Morgan fingerprint density at radius 1 is 1.14 bits per heavy atom. The summed E-state index contributed by atoms with van der Waals surface area (Å²) >= 11 is 0. The number of hydrogen-bond acceptors (Lipinski definition) is 3. The summed E-state index contributed by atoms with van der Waals surface area (Å²) in [5.41, 5.74) is 3.24. The topological polar surface area (TPSA) is 23.6 Å². The van der Waals surface area contributed by atoms with Gasteiger partial charge in [0.1, 0.15) is 0 Å². The van der Waals surface area contributed by atoms with E-state index in [1.807, 2.05) is 12.1 Å². The van der Waals surface area contributed by atoms with Crippen molar-refractivity contribution in [2.24, 2.45) is 0 Å². The number of Topliss-reactive ketones (excluding diaryl/α,β-unsaturated/α-hetero) is 1. The van der Waals surface area contributed by atoms with Crippen LogP contribution in [-0.2, 0) is 0 Å². The van der Waals surface area contributed by atoms with E-state index in [2.05, 4.69) is 29.7 Å². The van der Waals surface area contributed by atoms with Gasteiger partial charge in [-0.15, -0.1) is 0 Å². The van der Waals surface area contributed by atoms with Crippen LogP contribution in [0.25, 0.3) is 0 Å². The highest BCUT2D eigenvalue weighted by atomic mass is 16.1. The third-order valence-electron chi connectivity index (χ3n) is 4.87. The van der Waals surface area contributed by atoms with E-state index in [4.69, 9.17) is 0 Å². The van der Waals surface area contributed by atoms with Crippen molar-refractivity contribution in [1.82, 2.24) is 9.80 Å². The molecule has 2 saturated heterocycles. The summed E-state index contributed by atoms with van der Waals surface area (Å²) < 4.78 is 0. The molecule has 2 aliphatic rings. The summed E-state index contributed by atoms with van der Waals surface area (Å²) in [4.78, 5) is 17.5. The molecule has 3 heteroatoms. The highest BCUT2D eigenvalue weighted by Gasteiger charge is 2.30. The average Bonchev–Trinajstić information content (AvgIpc) is 2.91. The molecule has 3 nitrogen and oxygen atoms in total. The minimum Gasteiger partial charge on any atom is -0.300 e. The molecular weight excluding hydrogens is 260 g/mol. The van der Waals surface area contributed by atoms with Crippen molar-refractivity contribution in [3.63, 3.8) is 0 Å². The fourth-order valence-corrected chi connectivity index (χ4v) is 3.80. The molecule has 1 aromatic rings. The van der Waals surface area contributed by atoms with Crippen molar-refractivity contribution in [1.29, 1.82) is 0 Å². The maximum atomic E-state index is 12.4.